The molecule has 2 N–H and O–H groups in total. The monoisotopic (exact) mass is 315 g/mol. The lowest BCUT2D eigenvalue weighted by Crippen LogP contribution is -2.26. The SMILES string of the molecule is O=C(O)CCCCCCNC(=O)Cc1ccc(F)cc1Cl. The summed E-state index contributed by atoms with van der Waals surface area (Å²) in [6, 6.07) is 3.96. The topological polar surface area (TPSA) is 66.4 Å². The number of amides is 1. The maximum Gasteiger partial charge on any atom is 0.303 e. The molecule has 1 aromatic carbocycles. The van der Waals surface area contributed by atoms with E-state index in [0.29, 0.717) is 18.5 Å². The molecule has 0 aromatic heterocycles. The van der Waals surface area contributed by atoms with Gasteiger partial charge in [-0.05, 0) is 30.5 Å². The van der Waals surface area contributed by atoms with E-state index in [4.69, 9.17) is 16.7 Å². The number of hydrogen-bond acceptors (Lipinski definition) is 2. The van der Waals surface area contributed by atoms with Crippen LogP contribution in [0.4, 0.5) is 4.39 Å². The minimum absolute atomic E-state index is 0.123. The summed E-state index contributed by atoms with van der Waals surface area (Å²) in [6.07, 6.45) is 3.50. The van der Waals surface area contributed by atoms with Crippen molar-refractivity contribution in [2.24, 2.45) is 0 Å². The van der Waals surface area contributed by atoms with E-state index in [2.05, 4.69) is 5.32 Å². The molecule has 0 atom stereocenters. The van der Waals surface area contributed by atoms with Gasteiger partial charge in [0.05, 0.1) is 6.42 Å². The van der Waals surface area contributed by atoms with Crippen LogP contribution in [-0.4, -0.2) is 23.5 Å². The number of carboxylic acids is 1. The number of aliphatic carboxylic acids is 1. The van der Waals surface area contributed by atoms with Crippen molar-refractivity contribution < 1.29 is 19.1 Å². The third-order valence-electron chi connectivity index (χ3n) is 3.01. The van der Waals surface area contributed by atoms with Gasteiger partial charge in [0.15, 0.2) is 0 Å². The number of nitrogens with one attached hydrogen (secondary N) is 1. The van der Waals surface area contributed by atoms with Crippen LogP contribution in [-0.2, 0) is 16.0 Å². The Morgan fingerprint density at radius 3 is 2.57 bits per heavy atom. The number of unbranched alkanes of at least 4 members (excludes halogenated alkanes) is 3. The zero-order chi connectivity index (χ0) is 15.7. The van der Waals surface area contributed by atoms with E-state index in [1.807, 2.05) is 0 Å². The van der Waals surface area contributed by atoms with Crippen molar-refractivity contribution in [1.29, 1.82) is 0 Å². The first-order chi connectivity index (χ1) is 9.99. The van der Waals surface area contributed by atoms with Gasteiger partial charge >= 0.3 is 5.97 Å². The molecule has 0 aliphatic rings. The van der Waals surface area contributed by atoms with Crippen LogP contribution < -0.4 is 5.32 Å². The van der Waals surface area contributed by atoms with Crippen molar-refractivity contribution in [3.05, 3.63) is 34.6 Å². The molecule has 0 fully saturated rings. The average Bonchev–Trinajstić information content (AvgIpc) is 2.40. The van der Waals surface area contributed by atoms with Gasteiger partial charge in [-0.2, -0.15) is 0 Å². The highest BCUT2D eigenvalue weighted by molar-refractivity contribution is 6.31. The highest BCUT2D eigenvalue weighted by Crippen LogP contribution is 2.17. The molecular weight excluding hydrogens is 297 g/mol. The first-order valence-corrected chi connectivity index (χ1v) is 7.29. The molecule has 21 heavy (non-hydrogen) atoms. The standard InChI is InChI=1S/C15H19ClFNO3/c16-13-10-12(17)7-6-11(13)9-14(19)18-8-4-2-1-3-5-15(20)21/h6-7,10H,1-5,8-9H2,(H,18,19)(H,20,21). The van der Waals surface area contributed by atoms with Crippen LogP contribution in [0.25, 0.3) is 0 Å². The average molecular weight is 316 g/mol. The van der Waals surface area contributed by atoms with Gasteiger partial charge in [-0.25, -0.2) is 4.39 Å². The van der Waals surface area contributed by atoms with Crippen molar-refractivity contribution >= 4 is 23.5 Å². The molecule has 0 aliphatic carbocycles. The van der Waals surface area contributed by atoms with E-state index >= 15 is 0 Å². The Kier molecular flexibility index (Phi) is 7.75. The molecule has 1 rings (SSSR count). The van der Waals surface area contributed by atoms with Crippen molar-refractivity contribution in [3.63, 3.8) is 0 Å². The van der Waals surface area contributed by atoms with Gasteiger partial charge in [-0.3, -0.25) is 9.59 Å². The summed E-state index contributed by atoms with van der Waals surface area (Å²) >= 11 is 5.85. The van der Waals surface area contributed by atoms with Crippen molar-refractivity contribution in [3.8, 4) is 0 Å². The second-order valence-electron chi connectivity index (χ2n) is 4.82. The van der Waals surface area contributed by atoms with Gasteiger partial charge in [0.25, 0.3) is 0 Å². The molecule has 0 heterocycles. The Balaban J connectivity index is 2.15. The third kappa shape index (κ3) is 7.66. The zero-order valence-corrected chi connectivity index (χ0v) is 12.5. The molecule has 0 aliphatic heterocycles. The fourth-order valence-electron chi connectivity index (χ4n) is 1.88. The molecule has 0 spiro atoms. The van der Waals surface area contributed by atoms with Crippen LogP contribution in [0.1, 0.15) is 37.7 Å². The smallest absolute Gasteiger partial charge is 0.303 e. The number of rotatable bonds is 9. The summed E-state index contributed by atoms with van der Waals surface area (Å²) in [5, 5.41) is 11.5. The fraction of sp³-hybridized carbons (Fsp3) is 0.467. The van der Waals surface area contributed by atoms with Crippen LogP contribution in [0.3, 0.4) is 0 Å². The number of halogens is 2. The van der Waals surface area contributed by atoms with E-state index in [1.54, 1.807) is 0 Å². The van der Waals surface area contributed by atoms with Crippen molar-refractivity contribution in [1.82, 2.24) is 5.32 Å². The summed E-state index contributed by atoms with van der Waals surface area (Å²) < 4.78 is 12.9. The number of carbonyl (C=O) groups excluding carboxylic acids is 1. The lowest BCUT2D eigenvalue weighted by molar-refractivity contribution is -0.137. The first-order valence-electron chi connectivity index (χ1n) is 6.91. The quantitative estimate of drug-likeness (QED) is 0.688. The van der Waals surface area contributed by atoms with E-state index in [9.17, 15) is 14.0 Å². The van der Waals surface area contributed by atoms with Crippen LogP contribution in [0.2, 0.25) is 5.02 Å². The molecule has 1 amide bonds. The predicted octanol–water partition coefficient (Wildman–Crippen LogP) is 3.17. The predicted molar refractivity (Wildman–Crippen MR) is 78.8 cm³/mol. The highest BCUT2D eigenvalue weighted by atomic mass is 35.5. The number of carboxylic acid groups (broad SMARTS) is 1. The molecule has 0 saturated carbocycles. The molecule has 4 nitrogen and oxygen atoms in total. The van der Waals surface area contributed by atoms with Crippen LogP contribution in [0.5, 0.6) is 0 Å². The molecule has 116 valence electrons. The summed E-state index contributed by atoms with van der Waals surface area (Å²) in [5.41, 5.74) is 0.594. The molecule has 6 heteroatoms. The Bertz CT molecular complexity index is 494. The van der Waals surface area contributed by atoms with Crippen LogP contribution in [0, 0.1) is 5.82 Å². The van der Waals surface area contributed by atoms with Gasteiger partial charge in [-0.1, -0.05) is 30.5 Å². The number of carbonyl (C=O) groups is 2. The van der Waals surface area contributed by atoms with Crippen molar-refractivity contribution in [2.75, 3.05) is 6.54 Å². The van der Waals surface area contributed by atoms with E-state index in [0.717, 1.165) is 19.3 Å². The fourth-order valence-corrected chi connectivity index (χ4v) is 2.12. The zero-order valence-electron chi connectivity index (χ0n) is 11.7. The van der Waals surface area contributed by atoms with Gasteiger partial charge in [0.2, 0.25) is 5.91 Å². The summed E-state index contributed by atoms with van der Waals surface area (Å²) in [6.45, 7) is 0.546. The molecular formula is C15H19ClFNO3. The summed E-state index contributed by atoms with van der Waals surface area (Å²) in [4.78, 5) is 22.0. The van der Waals surface area contributed by atoms with Crippen LogP contribution >= 0.6 is 11.6 Å². The molecule has 0 unspecified atom stereocenters. The number of hydrogen-bond donors (Lipinski definition) is 2. The lowest BCUT2D eigenvalue weighted by atomic mass is 10.1. The highest BCUT2D eigenvalue weighted by Gasteiger charge is 2.07. The maximum atomic E-state index is 12.9. The normalized spacial score (nSPS) is 10.4. The van der Waals surface area contributed by atoms with Gasteiger partial charge in [0, 0.05) is 18.0 Å². The maximum absolute atomic E-state index is 12.9. The second-order valence-corrected chi connectivity index (χ2v) is 5.23. The van der Waals surface area contributed by atoms with E-state index in [1.165, 1.54) is 18.2 Å². The Hall–Kier alpha value is -1.62. The Labute approximate surface area is 128 Å². The Morgan fingerprint density at radius 2 is 1.90 bits per heavy atom. The molecule has 0 bridgehead atoms. The Morgan fingerprint density at radius 1 is 1.19 bits per heavy atom. The summed E-state index contributed by atoms with van der Waals surface area (Å²) in [5.74, 6) is -1.36. The van der Waals surface area contributed by atoms with Gasteiger partial charge in [0.1, 0.15) is 5.82 Å². The summed E-state index contributed by atoms with van der Waals surface area (Å²) in [7, 11) is 0. The minimum Gasteiger partial charge on any atom is -0.481 e. The minimum atomic E-state index is -0.778. The number of benzene rings is 1. The van der Waals surface area contributed by atoms with Crippen LogP contribution in [0.15, 0.2) is 18.2 Å². The molecule has 1 aromatic rings. The molecule has 0 saturated heterocycles. The molecule has 0 radical (unpaired) electrons. The second kappa shape index (κ2) is 9.34. The van der Waals surface area contributed by atoms with Gasteiger partial charge in [-0.15, -0.1) is 0 Å². The van der Waals surface area contributed by atoms with Crippen molar-refractivity contribution in [2.45, 2.75) is 38.5 Å². The van der Waals surface area contributed by atoms with E-state index in [-0.39, 0.29) is 23.8 Å². The first kappa shape index (κ1) is 17.4. The largest absolute Gasteiger partial charge is 0.481 e. The lowest BCUT2D eigenvalue weighted by Gasteiger charge is -2.06. The third-order valence-corrected chi connectivity index (χ3v) is 3.36. The van der Waals surface area contributed by atoms with Gasteiger partial charge < -0.3 is 10.4 Å². The van der Waals surface area contributed by atoms with E-state index < -0.39 is 11.8 Å².